The van der Waals surface area contributed by atoms with Crippen LogP contribution in [0, 0.1) is 11.8 Å². The molecule has 2 aromatic rings. The van der Waals surface area contributed by atoms with Crippen LogP contribution in [0.2, 0.25) is 0 Å². The maximum atomic E-state index is 12.4. The minimum Gasteiger partial charge on any atom is -0.495 e. The Kier molecular flexibility index (Phi) is 6.59. The first-order valence-corrected chi connectivity index (χ1v) is 9.50. The van der Waals surface area contributed by atoms with E-state index in [9.17, 15) is 9.59 Å². The van der Waals surface area contributed by atoms with Gasteiger partial charge < -0.3 is 24.8 Å². The lowest BCUT2D eigenvalue weighted by Crippen LogP contribution is -2.29. The predicted octanol–water partition coefficient (Wildman–Crippen LogP) is 2.65. The lowest BCUT2D eigenvalue weighted by atomic mass is 10.1. The molecule has 2 aromatic carbocycles. The SMILES string of the molecule is COc1ccccc1NC(=O)C1CC1C(=O)NCCc1ccc(OC)c(OC)c1. The summed E-state index contributed by atoms with van der Waals surface area (Å²) in [5.74, 6) is 1.09. The quantitative estimate of drug-likeness (QED) is 0.678. The summed E-state index contributed by atoms with van der Waals surface area (Å²) in [6.07, 6.45) is 1.22. The first kappa shape index (κ1) is 20.5. The number of methoxy groups -OCH3 is 3. The molecular weight excluding hydrogens is 372 g/mol. The van der Waals surface area contributed by atoms with E-state index >= 15 is 0 Å². The van der Waals surface area contributed by atoms with Gasteiger partial charge in [0.25, 0.3) is 0 Å². The molecule has 0 aliphatic heterocycles. The number of rotatable bonds is 9. The molecule has 2 amide bonds. The van der Waals surface area contributed by atoms with E-state index < -0.39 is 0 Å². The zero-order valence-electron chi connectivity index (χ0n) is 16.9. The molecule has 29 heavy (non-hydrogen) atoms. The molecule has 2 atom stereocenters. The van der Waals surface area contributed by atoms with E-state index in [1.807, 2.05) is 30.3 Å². The van der Waals surface area contributed by atoms with Gasteiger partial charge in [-0.25, -0.2) is 0 Å². The van der Waals surface area contributed by atoms with E-state index in [2.05, 4.69) is 10.6 Å². The van der Waals surface area contributed by atoms with Gasteiger partial charge in [0.15, 0.2) is 11.5 Å². The van der Waals surface area contributed by atoms with Crippen LogP contribution in [-0.2, 0) is 16.0 Å². The average molecular weight is 398 g/mol. The minimum atomic E-state index is -0.305. The molecule has 0 radical (unpaired) electrons. The number of benzene rings is 2. The van der Waals surface area contributed by atoms with Gasteiger partial charge >= 0.3 is 0 Å². The Hall–Kier alpha value is -3.22. The van der Waals surface area contributed by atoms with Crippen LogP contribution in [0.4, 0.5) is 5.69 Å². The van der Waals surface area contributed by atoms with Crippen molar-refractivity contribution in [1.29, 1.82) is 0 Å². The summed E-state index contributed by atoms with van der Waals surface area (Å²) < 4.78 is 15.8. The van der Waals surface area contributed by atoms with Crippen LogP contribution >= 0.6 is 0 Å². The summed E-state index contributed by atoms with van der Waals surface area (Å²) in [4.78, 5) is 24.8. The van der Waals surface area contributed by atoms with E-state index in [0.717, 1.165) is 5.56 Å². The highest BCUT2D eigenvalue weighted by atomic mass is 16.5. The van der Waals surface area contributed by atoms with Crippen molar-refractivity contribution in [3.63, 3.8) is 0 Å². The highest BCUT2D eigenvalue weighted by Gasteiger charge is 2.48. The van der Waals surface area contributed by atoms with Crippen molar-refractivity contribution in [2.24, 2.45) is 11.8 Å². The van der Waals surface area contributed by atoms with Crippen LogP contribution in [0.1, 0.15) is 12.0 Å². The Morgan fingerprint density at radius 3 is 2.31 bits per heavy atom. The van der Waals surface area contributed by atoms with Crippen molar-refractivity contribution in [1.82, 2.24) is 5.32 Å². The van der Waals surface area contributed by atoms with Gasteiger partial charge in [0.05, 0.1) is 38.9 Å². The first-order chi connectivity index (χ1) is 14.1. The summed E-state index contributed by atoms with van der Waals surface area (Å²) >= 11 is 0. The molecule has 1 fully saturated rings. The first-order valence-electron chi connectivity index (χ1n) is 9.50. The number of hydrogen-bond donors (Lipinski definition) is 2. The lowest BCUT2D eigenvalue weighted by molar-refractivity contribution is -0.125. The zero-order chi connectivity index (χ0) is 20.8. The molecule has 1 aliphatic rings. The molecule has 1 aliphatic carbocycles. The van der Waals surface area contributed by atoms with Gasteiger partial charge in [-0.15, -0.1) is 0 Å². The van der Waals surface area contributed by atoms with Crippen LogP contribution in [0.15, 0.2) is 42.5 Å². The number of ether oxygens (including phenoxy) is 3. The normalized spacial score (nSPS) is 17.2. The average Bonchev–Trinajstić information content (AvgIpc) is 3.55. The van der Waals surface area contributed by atoms with Crippen molar-refractivity contribution in [2.75, 3.05) is 33.2 Å². The Labute approximate surface area is 170 Å². The maximum absolute atomic E-state index is 12.4. The van der Waals surface area contributed by atoms with Gasteiger partial charge in [-0.1, -0.05) is 18.2 Å². The summed E-state index contributed by atoms with van der Waals surface area (Å²) in [6.45, 7) is 0.492. The third-order valence-electron chi connectivity index (χ3n) is 4.99. The third-order valence-corrected chi connectivity index (χ3v) is 4.99. The lowest BCUT2D eigenvalue weighted by Gasteiger charge is -2.10. The minimum absolute atomic E-state index is 0.0920. The van der Waals surface area contributed by atoms with Gasteiger partial charge in [-0.3, -0.25) is 9.59 Å². The second-order valence-corrected chi connectivity index (χ2v) is 6.87. The van der Waals surface area contributed by atoms with Crippen LogP contribution in [0.5, 0.6) is 17.2 Å². The molecule has 0 saturated heterocycles. The van der Waals surface area contributed by atoms with E-state index in [1.54, 1.807) is 33.5 Å². The molecule has 2 unspecified atom stereocenters. The van der Waals surface area contributed by atoms with E-state index in [-0.39, 0.29) is 23.7 Å². The van der Waals surface area contributed by atoms with Crippen molar-refractivity contribution in [3.8, 4) is 17.2 Å². The Bertz CT molecular complexity index is 883. The summed E-state index contributed by atoms with van der Waals surface area (Å²) in [7, 11) is 4.73. The molecule has 7 nitrogen and oxygen atoms in total. The van der Waals surface area contributed by atoms with E-state index in [0.29, 0.717) is 42.3 Å². The van der Waals surface area contributed by atoms with Crippen LogP contribution in [0.3, 0.4) is 0 Å². The standard InChI is InChI=1S/C22H26N2O5/c1-27-18-7-5-4-6-17(18)24-22(26)16-13-15(16)21(25)23-11-10-14-8-9-19(28-2)20(12-14)29-3/h4-9,12,15-16H,10-11,13H2,1-3H3,(H,23,25)(H,24,26). The molecule has 1 saturated carbocycles. The maximum Gasteiger partial charge on any atom is 0.228 e. The highest BCUT2D eigenvalue weighted by Crippen LogP contribution is 2.40. The number of anilines is 1. The summed E-state index contributed by atoms with van der Waals surface area (Å²) in [5, 5.41) is 5.76. The number of carbonyl (C=O) groups excluding carboxylic acids is 2. The van der Waals surface area contributed by atoms with Crippen molar-refractivity contribution >= 4 is 17.5 Å². The Morgan fingerprint density at radius 2 is 1.59 bits per heavy atom. The molecule has 0 bridgehead atoms. The fourth-order valence-corrected chi connectivity index (χ4v) is 3.25. The smallest absolute Gasteiger partial charge is 0.228 e. The third kappa shape index (κ3) is 4.99. The fraction of sp³-hybridized carbons (Fsp3) is 0.364. The summed E-state index contributed by atoms with van der Waals surface area (Å²) in [6, 6.07) is 12.9. The van der Waals surface area contributed by atoms with Crippen LogP contribution < -0.4 is 24.8 Å². The van der Waals surface area contributed by atoms with Gasteiger partial charge in [0, 0.05) is 6.54 Å². The monoisotopic (exact) mass is 398 g/mol. The number of para-hydroxylation sites is 2. The Morgan fingerprint density at radius 1 is 0.897 bits per heavy atom. The molecular formula is C22H26N2O5. The van der Waals surface area contributed by atoms with Crippen molar-refractivity contribution < 1.29 is 23.8 Å². The number of nitrogens with one attached hydrogen (secondary N) is 2. The number of carbonyl (C=O) groups is 2. The van der Waals surface area contributed by atoms with Gasteiger partial charge in [-0.2, -0.15) is 0 Å². The van der Waals surface area contributed by atoms with Crippen LogP contribution in [-0.4, -0.2) is 39.7 Å². The molecule has 0 heterocycles. The second kappa shape index (κ2) is 9.32. The number of amides is 2. The van der Waals surface area contributed by atoms with Gasteiger partial charge in [0.1, 0.15) is 5.75 Å². The molecule has 3 rings (SSSR count). The molecule has 0 aromatic heterocycles. The molecule has 0 spiro atoms. The molecule has 7 heteroatoms. The fourth-order valence-electron chi connectivity index (χ4n) is 3.25. The predicted molar refractivity (Wildman–Crippen MR) is 109 cm³/mol. The van der Waals surface area contributed by atoms with Crippen LogP contribution in [0.25, 0.3) is 0 Å². The molecule has 154 valence electrons. The van der Waals surface area contributed by atoms with Gasteiger partial charge in [0.2, 0.25) is 11.8 Å². The van der Waals surface area contributed by atoms with Crippen molar-refractivity contribution in [2.45, 2.75) is 12.8 Å². The topological polar surface area (TPSA) is 85.9 Å². The van der Waals surface area contributed by atoms with E-state index in [4.69, 9.17) is 14.2 Å². The highest BCUT2D eigenvalue weighted by molar-refractivity contribution is 6.00. The summed E-state index contributed by atoms with van der Waals surface area (Å²) in [5.41, 5.74) is 1.64. The molecule has 2 N–H and O–H groups in total. The van der Waals surface area contributed by atoms with Crippen molar-refractivity contribution in [3.05, 3.63) is 48.0 Å². The van der Waals surface area contributed by atoms with E-state index in [1.165, 1.54) is 0 Å². The zero-order valence-corrected chi connectivity index (χ0v) is 16.9. The number of hydrogen-bond acceptors (Lipinski definition) is 5. The Balaban J connectivity index is 1.46. The largest absolute Gasteiger partial charge is 0.495 e. The van der Waals surface area contributed by atoms with Gasteiger partial charge in [-0.05, 0) is 42.7 Å². The second-order valence-electron chi connectivity index (χ2n) is 6.87.